The molecule has 0 atom stereocenters. The van der Waals surface area contributed by atoms with Crippen molar-refractivity contribution in [1.29, 1.82) is 0 Å². The molecule has 2 aromatic heterocycles. The second-order valence-electron chi connectivity index (χ2n) is 3.99. The van der Waals surface area contributed by atoms with Crippen LogP contribution in [0.5, 0.6) is 0 Å². The maximum absolute atomic E-state index is 13.9. The van der Waals surface area contributed by atoms with Crippen molar-refractivity contribution < 1.29 is 4.39 Å². The van der Waals surface area contributed by atoms with Gasteiger partial charge in [-0.15, -0.1) is 11.3 Å². The van der Waals surface area contributed by atoms with Crippen LogP contribution in [0.3, 0.4) is 0 Å². The molecule has 0 aliphatic carbocycles. The Balaban J connectivity index is 2.23. The van der Waals surface area contributed by atoms with Gasteiger partial charge in [-0.2, -0.15) is 4.98 Å². The number of rotatable bonds is 6. The molecule has 0 spiro atoms. The minimum Gasteiger partial charge on any atom is -0.354 e. The molecule has 0 amide bonds. The molecular weight excluding hydrogens is 263 g/mol. The molecule has 0 unspecified atom stereocenters. The van der Waals surface area contributed by atoms with E-state index in [9.17, 15) is 4.39 Å². The Morgan fingerprint density at radius 1 is 1.42 bits per heavy atom. The molecular formula is C13H17FN4S. The summed E-state index contributed by atoms with van der Waals surface area (Å²) in [6, 6.07) is 4.03. The lowest BCUT2D eigenvalue weighted by Gasteiger charge is -2.22. The third-order valence-electron chi connectivity index (χ3n) is 2.67. The van der Waals surface area contributed by atoms with Crippen LogP contribution in [-0.2, 0) is 6.54 Å². The van der Waals surface area contributed by atoms with Crippen LogP contribution >= 0.6 is 11.3 Å². The zero-order valence-electron chi connectivity index (χ0n) is 11.1. The van der Waals surface area contributed by atoms with E-state index < -0.39 is 0 Å². The van der Waals surface area contributed by atoms with Gasteiger partial charge in [-0.3, -0.25) is 0 Å². The highest BCUT2D eigenvalue weighted by molar-refractivity contribution is 7.09. The maximum atomic E-state index is 13.9. The Morgan fingerprint density at radius 3 is 2.89 bits per heavy atom. The average molecular weight is 280 g/mol. The van der Waals surface area contributed by atoms with E-state index in [4.69, 9.17) is 0 Å². The summed E-state index contributed by atoms with van der Waals surface area (Å²) in [4.78, 5) is 11.3. The smallest absolute Gasteiger partial charge is 0.224 e. The lowest BCUT2D eigenvalue weighted by Crippen LogP contribution is -2.24. The predicted octanol–water partition coefficient (Wildman–Crippen LogP) is 3.14. The first-order valence-electron chi connectivity index (χ1n) is 6.28. The summed E-state index contributed by atoms with van der Waals surface area (Å²) in [5, 5.41) is 5.02. The van der Waals surface area contributed by atoms with Gasteiger partial charge in [0.25, 0.3) is 0 Å². The van der Waals surface area contributed by atoms with Crippen molar-refractivity contribution in [1.82, 2.24) is 9.97 Å². The van der Waals surface area contributed by atoms with E-state index in [1.54, 1.807) is 11.3 Å². The van der Waals surface area contributed by atoms with E-state index in [0.717, 1.165) is 0 Å². The number of nitrogens with one attached hydrogen (secondary N) is 1. The van der Waals surface area contributed by atoms with Crippen molar-refractivity contribution in [2.75, 3.05) is 23.3 Å². The molecule has 6 heteroatoms. The number of thiophene rings is 1. The summed E-state index contributed by atoms with van der Waals surface area (Å²) < 4.78 is 13.9. The van der Waals surface area contributed by atoms with E-state index in [1.807, 2.05) is 36.3 Å². The van der Waals surface area contributed by atoms with Crippen molar-refractivity contribution in [3.05, 3.63) is 34.4 Å². The fourth-order valence-corrected chi connectivity index (χ4v) is 2.47. The van der Waals surface area contributed by atoms with Gasteiger partial charge in [0, 0.05) is 18.0 Å². The van der Waals surface area contributed by atoms with Crippen LogP contribution < -0.4 is 10.2 Å². The van der Waals surface area contributed by atoms with E-state index in [0.29, 0.717) is 31.4 Å². The summed E-state index contributed by atoms with van der Waals surface area (Å²) >= 11 is 1.66. The Morgan fingerprint density at radius 2 is 2.26 bits per heavy atom. The quantitative estimate of drug-likeness (QED) is 0.882. The SMILES string of the molecule is CCNc1ncc(F)c(N(CC)Cc2cccs2)n1. The Bertz CT molecular complexity index is 515. The maximum Gasteiger partial charge on any atom is 0.224 e. The van der Waals surface area contributed by atoms with Gasteiger partial charge >= 0.3 is 0 Å². The van der Waals surface area contributed by atoms with Gasteiger partial charge in [0.1, 0.15) is 0 Å². The third kappa shape index (κ3) is 3.41. The molecule has 19 heavy (non-hydrogen) atoms. The Kier molecular flexibility index (Phi) is 4.68. The first-order valence-corrected chi connectivity index (χ1v) is 7.16. The summed E-state index contributed by atoms with van der Waals surface area (Å²) in [6.07, 6.45) is 1.22. The molecule has 2 heterocycles. The predicted molar refractivity (Wildman–Crippen MR) is 77.2 cm³/mol. The molecule has 0 aliphatic rings. The molecule has 0 aliphatic heterocycles. The monoisotopic (exact) mass is 280 g/mol. The average Bonchev–Trinajstić information content (AvgIpc) is 2.92. The van der Waals surface area contributed by atoms with Crippen LogP contribution in [-0.4, -0.2) is 23.1 Å². The molecule has 0 saturated heterocycles. The van der Waals surface area contributed by atoms with Crippen molar-refractivity contribution in [2.45, 2.75) is 20.4 Å². The highest BCUT2D eigenvalue weighted by Gasteiger charge is 2.14. The molecule has 0 bridgehead atoms. The molecule has 102 valence electrons. The Hall–Kier alpha value is -1.69. The van der Waals surface area contributed by atoms with E-state index in [1.165, 1.54) is 11.1 Å². The number of halogens is 1. The molecule has 0 radical (unpaired) electrons. The van der Waals surface area contributed by atoms with Crippen LogP contribution in [0.25, 0.3) is 0 Å². The first kappa shape index (κ1) is 13.7. The van der Waals surface area contributed by atoms with Crippen molar-refractivity contribution in [2.24, 2.45) is 0 Å². The number of anilines is 2. The normalized spacial score (nSPS) is 10.5. The molecule has 4 nitrogen and oxygen atoms in total. The number of nitrogens with zero attached hydrogens (tertiary/aromatic N) is 3. The van der Waals surface area contributed by atoms with Crippen LogP contribution in [0.1, 0.15) is 18.7 Å². The van der Waals surface area contributed by atoms with Gasteiger partial charge in [-0.25, -0.2) is 9.37 Å². The van der Waals surface area contributed by atoms with Gasteiger partial charge in [0.15, 0.2) is 11.6 Å². The van der Waals surface area contributed by atoms with Crippen LogP contribution in [0.2, 0.25) is 0 Å². The van der Waals surface area contributed by atoms with Crippen LogP contribution in [0.15, 0.2) is 23.7 Å². The topological polar surface area (TPSA) is 41.1 Å². The summed E-state index contributed by atoms with van der Waals surface area (Å²) in [5.41, 5.74) is 0. The fourth-order valence-electron chi connectivity index (χ4n) is 1.75. The van der Waals surface area contributed by atoms with Crippen molar-refractivity contribution >= 4 is 23.1 Å². The molecule has 0 saturated carbocycles. The molecule has 1 N–H and O–H groups in total. The summed E-state index contributed by atoms with van der Waals surface area (Å²) in [5.74, 6) is 0.422. The molecule has 2 aromatic rings. The number of hydrogen-bond donors (Lipinski definition) is 1. The summed E-state index contributed by atoms with van der Waals surface area (Å²) in [6.45, 7) is 6.00. The minimum absolute atomic E-state index is 0.349. The third-order valence-corrected chi connectivity index (χ3v) is 3.53. The highest BCUT2D eigenvalue weighted by Crippen LogP contribution is 2.21. The number of aromatic nitrogens is 2. The largest absolute Gasteiger partial charge is 0.354 e. The second-order valence-corrected chi connectivity index (χ2v) is 5.02. The van der Waals surface area contributed by atoms with Gasteiger partial charge in [-0.05, 0) is 25.3 Å². The van der Waals surface area contributed by atoms with Gasteiger partial charge in [0.05, 0.1) is 12.7 Å². The fraction of sp³-hybridized carbons (Fsp3) is 0.385. The van der Waals surface area contributed by atoms with Crippen LogP contribution in [0, 0.1) is 5.82 Å². The van der Waals surface area contributed by atoms with Gasteiger partial charge in [0.2, 0.25) is 5.95 Å². The zero-order chi connectivity index (χ0) is 13.7. The van der Waals surface area contributed by atoms with Crippen molar-refractivity contribution in [3.63, 3.8) is 0 Å². The lowest BCUT2D eigenvalue weighted by atomic mass is 10.4. The van der Waals surface area contributed by atoms with E-state index >= 15 is 0 Å². The highest BCUT2D eigenvalue weighted by atomic mass is 32.1. The summed E-state index contributed by atoms with van der Waals surface area (Å²) in [7, 11) is 0. The second kappa shape index (κ2) is 6.47. The van der Waals surface area contributed by atoms with E-state index in [2.05, 4.69) is 15.3 Å². The van der Waals surface area contributed by atoms with Gasteiger partial charge in [-0.1, -0.05) is 6.07 Å². The zero-order valence-corrected chi connectivity index (χ0v) is 11.9. The minimum atomic E-state index is -0.389. The lowest BCUT2D eigenvalue weighted by molar-refractivity contribution is 0.603. The molecule has 2 rings (SSSR count). The van der Waals surface area contributed by atoms with Crippen molar-refractivity contribution in [3.8, 4) is 0 Å². The number of hydrogen-bond acceptors (Lipinski definition) is 5. The van der Waals surface area contributed by atoms with Gasteiger partial charge < -0.3 is 10.2 Å². The molecule has 0 fully saturated rings. The first-order chi connectivity index (χ1) is 9.24. The molecule has 0 aromatic carbocycles. The van der Waals surface area contributed by atoms with E-state index in [-0.39, 0.29) is 5.82 Å². The standard InChI is InChI=1S/C13H17FN4S/c1-3-15-13-16-8-11(14)12(17-13)18(4-2)9-10-6-5-7-19-10/h5-8H,3-4,9H2,1-2H3,(H,15,16,17). The Labute approximate surface area is 116 Å². The van der Waals surface area contributed by atoms with Crippen LogP contribution in [0.4, 0.5) is 16.2 Å².